The molecule has 0 amide bonds. The van der Waals surface area contributed by atoms with E-state index in [1.807, 2.05) is 11.8 Å². The lowest BCUT2D eigenvalue weighted by Gasteiger charge is -2.14. The Bertz CT molecular complexity index is 270. The second kappa shape index (κ2) is 4.95. The number of rotatable bonds is 5. The largest absolute Gasteiger partial charge is 0.339 e. The molecule has 1 heterocycles. The van der Waals surface area contributed by atoms with Crippen molar-refractivity contribution < 1.29 is 4.52 Å². The minimum Gasteiger partial charge on any atom is -0.339 e. The monoisotopic (exact) mass is 198 g/mol. The van der Waals surface area contributed by atoms with Gasteiger partial charge >= 0.3 is 0 Å². The van der Waals surface area contributed by atoms with E-state index >= 15 is 0 Å². The first-order valence-electron chi connectivity index (χ1n) is 5.07. The van der Waals surface area contributed by atoms with Crippen molar-refractivity contribution in [1.82, 2.24) is 10.1 Å². The highest BCUT2D eigenvalue weighted by Crippen LogP contribution is 2.15. The van der Waals surface area contributed by atoms with Crippen LogP contribution in [-0.2, 0) is 0 Å². The van der Waals surface area contributed by atoms with Crippen molar-refractivity contribution in [2.45, 2.75) is 33.2 Å². The highest BCUT2D eigenvalue weighted by Gasteiger charge is 2.15. The van der Waals surface area contributed by atoms with Crippen LogP contribution in [0.4, 0.5) is 5.95 Å². The second-order valence-corrected chi connectivity index (χ2v) is 3.12. The molecule has 0 aliphatic rings. The first-order valence-corrected chi connectivity index (χ1v) is 5.07. The van der Waals surface area contributed by atoms with E-state index in [0.717, 1.165) is 19.5 Å². The molecule has 1 aromatic rings. The van der Waals surface area contributed by atoms with Crippen LogP contribution in [0.25, 0.3) is 0 Å². The smallest absolute Gasteiger partial charge is 0.266 e. The molecule has 0 fully saturated rings. The Kier molecular flexibility index (Phi) is 3.88. The molecule has 0 aromatic carbocycles. The Morgan fingerprint density at radius 2 is 2.00 bits per heavy atom. The number of anilines is 1. The van der Waals surface area contributed by atoms with Crippen molar-refractivity contribution in [2.24, 2.45) is 5.73 Å². The number of nitrogens with two attached hydrogens (primary N) is 1. The first-order chi connectivity index (χ1) is 6.72. The second-order valence-electron chi connectivity index (χ2n) is 3.12. The number of aromatic nitrogens is 2. The maximum Gasteiger partial charge on any atom is 0.266 e. The fraction of sp³-hybridized carbons (Fsp3) is 0.778. The molecule has 0 saturated heterocycles. The lowest BCUT2D eigenvalue weighted by Crippen LogP contribution is -2.23. The van der Waals surface area contributed by atoms with E-state index in [1.165, 1.54) is 0 Å². The average Bonchev–Trinajstić information content (AvgIpc) is 2.68. The van der Waals surface area contributed by atoms with Crippen molar-refractivity contribution in [3.63, 3.8) is 0 Å². The van der Waals surface area contributed by atoms with Gasteiger partial charge in [0.25, 0.3) is 5.95 Å². The zero-order valence-electron chi connectivity index (χ0n) is 9.03. The average molecular weight is 198 g/mol. The van der Waals surface area contributed by atoms with Crippen LogP contribution >= 0.6 is 0 Å². The Balaban J connectivity index is 2.76. The molecule has 0 aliphatic heterocycles. The summed E-state index contributed by atoms with van der Waals surface area (Å²) < 4.78 is 5.07. The highest BCUT2D eigenvalue weighted by atomic mass is 16.5. The van der Waals surface area contributed by atoms with E-state index < -0.39 is 0 Å². The normalized spacial score (nSPS) is 12.9. The van der Waals surface area contributed by atoms with E-state index in [1.54, 1.807) is 0 Å². The van der Waals surface area contributed by atoms with Gasteiger partial charge in [0.1, 0.15) is 0 Å². The van der Waals surface area contributed by atoms with E-state index in [2.05, 4.69) is 24.0 Å². The molecule has 5 nitrogen and oxygen atoms in total. The lowest BCUT2D eigenvalue weighted by molar-refractivity contribution is 0.351. The van der Waals surface area contributed by atoms with Gasteiger partial charge in [-0.15, -0.1) is 0 Å². The lowest BCUT2D eigenvalue weighted by atomic mass is 10.2. The van der Waals surface area contributed by atoms with Gasteiger partial charge in [-0.25, -0.2) is 0 Å². The molecule has 5 heteroatoms. The fourth-order valence-corrected chi connectivity index (χ4v) is 1.19. The van der Waals surface area contributed by atoms with Crippen LogP contribution in [0.2, 0.25) is 0 Å². The van der Waals surface area contributed by atoms with Gasteiger partial charge in [0, 0.05) is 13.1 Å². The highest BCUT2D eigenvalue weighted by molar-refractivity contribution is 5.26. The number of nitrogens with zero attached hydrogens (tertiary/aromatic N) is 3. The van der Waals surface area contributed by atoms with Gasteiger partial charge in [-0.3, -0.25) is 0 Å². The van der Waals surface area contributed by atoms with Crippen molar-refractivity contribution in [3.8, 4) is 0 Å². The third-order valence-electron chi connectivity index (χ3n) is 2.23. The van der Waals surface area contributed by atoms with Crippen LogP contribution in [-0.4, -0.2) is 23.2 Å². The first kappa shape index (κ1) is 11.0. The van der Waals surface area contributed by atoms with Crippen molar-refractivity contribution in [1.29, 1.82) is 0 Å². The summed E-state index contributed by atoms with van der Waals surface area (Å²) in [6.07, 6.45) is 0.805. The van der Waals surface area contributed by atoms with Gasteiger partial charge in [-0.05, 0) is 25.4 Å². The van der Waals surface area contributed by atoms with Crippen LogP contribution in [0.15, 0.2) is 4.52 Å². The predicted molar refractivity (Wildman–Crippen MR) is 55.1 cm³/mol. The summed E-state index contributed by atoms with van der Waals surface area (Å²) in [5, 5.41) is 3.89. The minimum atomic E-state index is -0.146. The summed E-state index contributed by atoms with van der Waals surface area (Å²) in [7, 11) is 0. The van der Waals surface area contributed by atoms with Gasteiger partial charge in [0.05, 0.1) is 6.04 Å². The quantitative estimate of drug-likeness (QED) is 0.773. The van der Waals surface area contributed by atoms with E-state index in [0.29, 0.717) is 11.8 Å². The summed E-state index contributed by atoms with van der Waals surface area (Å²) in [6, 6.07) is -0.146. The zero-order valence-corrected chi connectivity index (χ0v) is 9.03. The van der Waals surface area contributed by atoms with Crippen LogP contribution in [0, 0.1) is 0 Å². The molecular weight excluding hydrogens is 180 g/mol. The molecule has 80 valence electrons. The van der Waals surface area contributed by atoms with Crippen LogP contribution in [0.3, 0.4) is 0 Å². The van der Waals surface area contributed by atoms with E-state index in [4.69, 9.17) is 10.3 Å². The summed E-state index contributed by atoms with van der Waals surface area (Å²) >= 11 is 0. The molecule has 1 aromatic heterocycles. The van der Waals surface area contributed by atoms with Crippen LogP contribution in [0.5, 0.6) is 0 Å². The number of hydrogen-bond acceptors (Lipinski definition) is 5. The summed E-state index contributed by atoms with van der Waals surface area (Å²) in [5.74, 6) is 1.16. The maximum atomic E-state index is 5.78. The molecule has 0 spiro atoms. The molecule has 0 unspecified atom stereocenters. The summed E-state index contributed by atoms with van der Waals surface area (Å²) in [6.45, 7) is 7.85. The van der Waals surface area contributed by atoms with Crippen LogP contribution < -0.4 is 10.6 Å². The Morgan fingerprint density at radius 3 is 2.50 bits per heavy atom. The van der Waals surface area contributed by atoms with Crippen LogP contribution in [0.1, 0.15) is 39.1 Å². The predicted octanol–water partition coefficient (Wildman–Crippen LogP) is 1.33. The molecule has 2 N–H and O–H groups in total. The molecule has 0 aliphatic carbocycles. The molecule has 14 heavy (non-hydrogen) atoms. The summed E-state index contributed by atoms with van der Waals surface area (Å²) in [5.41, 5.74) is 5.78. The fourth-order valence-electron chi connectivity index (χ4n) is 1.19. The van der Waals surface area contributed by atoms with Gasteiger partial charge in [-0.1, -0.05) is 6.92 Å². The van der Waals surface area contributed by atoms with Gasteiger partial charge in [0.15, 0.2) is 0 Å². The Morgan fingerprint density at radius 1 is 1.36 bits per heavy atom. The third kappa shape index (κ3) is 2.23. The van der Waals surface area contributed by atoms with Crippen molar-refractivity contribution in [2.75, 3.05) is 18.0 Å². The van der Waals surface area contributed by atoms with Gasteiger partial charge < -0.3 is 15.2 Å². The number of hydrogen-bond donors (Lipinski definition) is 1. The topological polar surface area (TPSA) is 68.2 Å². The standard InChI is InChI=1S/C9H18N4O/c1-4-7(10)8-11-9(12-14-8)13(5-2)6-3/h7H,4-6,10H2,1-3H3/t7-/m0/s1. The maximum absolute atomic E-state index is 5.78. The van der Waals surface area contributed by atoms with Crippen molar-refractivity contribution in [3.05, 3.63) is 5.89 Å². The molecular formula is C9H18N4O. The Labute approximate surface area is 84.3 Å². The molecule has 1 atom stereocenters. The van der Waals surface area contributed by atoms with Crippen molar-refractivity contribution >= 4 is 5.95 Å². The third-order valence-corrected chi connectivity index (χ3v) is 2.23. The minimum absolute atomic E-state index is 0.146. The summed E-state index contributed by atoms with van der Waals surface area (Å²) in [4.78, 5) is 6.27. The van der Waals surface area contributed by atoms with Gasteiger partial charge in [0.2, 0.25) is 5.89 Å². The molecule has 1 rings (SSSR count). The zero-order chi connectivity index (χ0) is 10.6. The molecule has 0 bridgehead atoms. The SMILES string of the molecule is CC[C@H](N)c1nc(N(CC)CC)no1. The molecule has 0 radical (unpaired) electrons. The van der Waals surface area contributed by atoms with E-state index in [9.17, 15) is 0 Å². The van der Waals surface area contributed by atoms with E-state index in [-0.39, 0.29) is 6.04 Å². The Hall–Kier alpha value is -1.10. The molecule has 0 saturated carbocycles. The van der Waals surface area contributed by atoms with Gasteiger partial charge in [-0.2, -0.15) is 4.98 Å².